The number of likely N-dealkylation sites (N-methyl/N-ethyl adjacent to an activating group) is 1. The molecule has 1 aromatic heterocycles. The van der Waals surface area contributed by atoms with E-state index in [9.17, 15) is 9.59 Å². The van der Waals surface area contributed by atoms with Gasteiger partial charge in [-0.3, -0.25) is 4.79 Å². The third-order valence-corrected chi connectivity index (χ3v) is 4.64. The standard InChI is InChI=1S/C19H20ClNO5S/c1-21(10-14-6-7-27-12-14)17(22)11-26-18(23)5-4-13-8-15(20)19(25-3)16(9-13)24-2/h4-9,12H,10-11H2,1-3H3/b5-4+. The first-order valence-corrected chi connectivity index (χ1v) is 9.28. The van der Waals surface area contributed by atoms with E-state index in [4.69, 9.17) is 25.8 Å². The molecule has 0 radical (unpaired) electrons. The van der Waals surface area contributed by atoms with E-state index in [1.807, 2.05) is 16.8 Å². The Bertz CT molecular complexity index is 820. The molecular formula is C19H20ClNO5S. The maximum absolute atomic E-state index is 12.0. The third-order valence-electron chi connectivity index (χ3n) is 3.63. The van der Waals surface area contributed by atoms with E-state index in [0.717, 1.165) is 5.56 Å². The summed E-state index contributed by atoms with van der Waals surface area (Å²) in [5, 5.41) is 4.26. The van der Waals surface area contributed by atoms with Crippen LogP contribution < -0.4 is 9.47 Å². The van der Waals surface area contributed by atoms with E-state index in [1.54, 1.807) is 30.5 Å². The van der Waals surface area contributed by atoms with Crippen molar-refractivity contribution in [1.82, 2.24) is 4.90 Å². The molecule has 2 aromatic rings. The van der Waals surface area contributed by atoms with Gasteiger partial charge in [-0.1, -0.05) is 11.6 Å². The van der Waals surface area contributed by atoms with Crippen molar-refractivity contribution in [3.63, 3.8) is 0 Å². The Balaban J connectivity index is 1.89. The van der Waals surface area contributed by atoms with E-state index in [1.165, 1.54) is 31.3 Å². The second-order valence-electron chi connectivity index (χ2n) is 5.56. The number of halogens is 1. The first kappa shape index (κ1) is 20.8. The van der Waals surface area contributed by atoms with Crippen LogP contribution in [0.1, 0.15) is 11.1 Å². The quantitative estimate of drug-likeness (QED) is 0.492. The average Bonchev–Trinajstić information content (AvgIpc) is 3.16. The van der Waals surface area contributed by atoms with Crippen molar-refractivity contribution >= 4 is 40.9 Å². The number of thiophene rings is 1. The molecule has 0 aliphatic heterocycles. The van der Waals surface area contributed by atoms with Gasteiger partial charge in [0.1, 0.15) is 0 Å². The fourth-order valence-corrected chi connectivity index (χ4v) is 3.19. The van der Waals surface area contributed by atoms with E-state index >= 15 is 0 Å². The molecule has 0 N–H and O–H groups in total. The van der Waals surface area contributed by atoms with Crippen LogP contribution in [0.2, 0.25) is 5.02 Å². The summed E-state index contributed by atoms with van der Waals surface area (Å²) in [6, 6.07) is 5.25. The topological polar surface area (TPSA) is 65.1 Å². The van der Waals surface area contributed by atoms with Gasteiger partial charge in [0.2, 0.25) is 0 Å². The Hall–Kier alpha value is -2.51. The van der Waals surface area contributed by atoms with Gasteiger partial charge in [-0.2, -0.15) is 11.3 Å². The lowest BCUT2D eigenvalue weighted by Gasteiger charge is -2.15. The van der Waals surface area contributed by atoms with Crippen molar-refractivity contribution < 1.29 is 23.8 Å². The molecule has 0 saturated carbocycles. The van der Waals surface area contributed by atoms with Crippen molar-refractivity contribution in [2.75, 3.05) is 27.9 Å². The number of ether oxygens (including phenoxy) is 3. The lowest BCUT2D eigenvalue weighted by molar-refractivity contribution is -0.147. The Morgan fingerprint density at radius 1 is 1.26 bits per heavy atom. The van der Waals surface area contributed by atoms with E-state index in [-0.39, 0.29) is 12.5 Å². The zero-order valence-corrected chi connectivity index (χ0v) is 16.8. The van der Waals surface area contributed by atoms with Gasteiger partial charge in [0, 0.05) is 19.7 Å². The molecule has 0 aliphatic carbocycles. The number of carbonyl (C=O) groups is 2. The number of nitrogens with zero attached hydrogens (tertiary/aromatic N) is 1. The number of amides is 1. The molecular weight excluding hydrogens is 390 g/mol. The number of esters is 1. The van der Waals surface area contributed by atoms with Crippen LogP contribution >= 0.6 is 22.9 Å². The van der Waals surface area contributed by atoms with Crippen LogP contribution in [0.4, 0.5) is 0 Å². The highest BCUT2D eigenvalue weighted by Crippen LogP contribution is 2.36. The molecule has 1 amide bonds. The smallest absolute Gasteiger partial charge is 0.331 e. The van der Waals surface area contributed by atoms with Gasteiger partial charge in [-0.15, -0.1) is 0 Å². The Morgan fingerprint density at radius 2 is 2.04 bits per heavy atom. The number of benzene rings is 1. The Kier molecular flexibility index (Phi) is 7.69. The summed E-state index contributed by atoms with van der Waals surface area (Å²) in [4.78, 5) is 25.4. The number of hydrogen-bond acceptors (Lipinski definition) is 6. The first-order chi connectivity index (χ1) is 12.9. The van der Waals surface area contributed by atoms with E-state index in [0.29, 0.717) is 28.6 Å². The van der Waals surface area contributed by atoms with Crippen molar-refractivity contribution in [2.45, 2.75) is 6.54 Å². The summed E-state index contributed by atoms with van der Waals surface area (Å²) >= 11 is 7.68. The minimum atomic E-state index is -0.627. The van der Waals surface area contributed by atoms with Crippen molar-refractivity contribution in [1.29, 1.82) is 0 Å². The monoisotopic (exact) mass is 409 g/mol. The summed E-state index contributed by atoms with van der Waals surface area (Å²) in [7, 11) is 4.65. The van der Waals surface area contributed by atoms with Crippen LogP contribution in [0, 0.1) is 0 Å². The van der Waals surface area contributed by atoms with Crippen LogP contribution in [0.3, 0.4) is 0 Å². The predicted molar refractivity (Wildman–Crippen MR) is 105 cm³/mol. The molecule has 0 unspecified atom stereocenters. The molecule has 1 aromatic carbocycles. The van der Waals surface area contributed by atoms with Crippen molar-refractivity contribution in [2.24, 2.45) is 0 Å². The van der Waals surface area contributed by atoms with Crippen LogP contribution in [0.15, 0.2) is 35.0 Å². The van der Waals surface area contributed by atoms with Crippen LogP contribution in [-0.4, -0.2) is 44.7 Å². The second kappa shape index (κ2) is 9.99. The number of methoxy groups -OCH3 is 2. The highest BCUT2D eigenvalue weighted by molar-refractivity contribution is 7.07. The van der Waals surface area contributed by atoms with Crippen LogP contribution in [0.5, 0.6) is 11.5 Å². The van der Waals surface area contributed by atoms with Crippen LogP contribution in [-0.2, 0) is 20.9 Å². The molecule has 2 rings (SSSR count). The summed E-state index contributed by atoms with van der Waals surface area (Å²) in [6.45, 7) is 0.149. The zero-order valence-electron chi connectivity index (χ0n) is 15.2. The highest BCUT2D eigenvalue weighted by atomic mass is 35.5. The Labute approximate surface area is 166 Å². The second-order valence-corrected chi connectivity index (χ2v) is 6.75. The molecule has 27 heavy (non-hydrogen) atoms. The first-order valence-electron chi connectivity index (χ1n) is 7.96. The van der Waals surface area contributed by atoms with Gasteiger partial charge >= 0.3 is 5.97 Å². The molecule has 6 nitrogen and oxygen atoms in total. The fourth-order valence-electron chi connectivity index (χ4n) is 2.23. The summed E-state index contributed by atoms with van der Waals surface area (Å²) in [5.74, 6) is -0.0447. The lowest BCUT2D eigenvalue weighted by Crippen LogP contribution is -2.30. The molecule has 0 spiro atoms. The minimum Gasteiger partial charge on any atom is -0.493 e. The Morgan fingerprint density at radius 3 is 2.67 bits per heavy atom. The normalized spacial score (nSPS) is 10.7. The molecule has 0 saturated heterocycles. The number of rotatable bonds is 8. The van der Waals surface area contributed by atoms with Crippen LogP contribution in [0.25, 0.3) is 6.08 Å². The van der Waals surface area contributed by atoms with Gasteiger partial charge < -0.3 is 19.1 Å². The van der Waals surface area contributed by atoms with Crippen molar-refractivity contribution in [3.8, 4) is 11.5 Å². The van der Waals surface area contributed by atoms with Gasteiger partial charge in [0.15, 0.2) is 18.1 Å². The fraction of sp³-hybridized carbons (Fsp3) is 0.263. The van der Waals surface area contributed by atoms with E-state index in [2.05, 4.69) is 0 Å². The maximum atomic E-state index is 12.0. The predicted octanol–water partition coefficient (Wildman–Crippen LogP) is 3.63. The summed E-state index contributed by atoms with van der Waals surface area (Å²) in [5.41, 5.74) is 1.67. The van der Waals surface area contributed by atoms with Crippen molar-refractivity contribution in [3.05, 3.63) is 51.2 Å². The van der Waals surface area contributed by atoms with Gasteiger partial charge in [-0.05, 0) is 46.2 Å². The third kappa shape index (κ3) is 6.01. The maximum Gasteiger partial charge on any atom is 0.331 e. The average molecular weight is 410 g/mol. The van der Waals surface area contributed by atoms with E-state index < -0.39 is 5.97 Å². The molecule has 1 heterocycles. The number of carbonyl (C=O) groups excluding carboxylic acids is 2. The SMILES string of the molecule is COc1cc(/C=C/C(=O)OCC(=O)N(C)Cc2ccsc2)cc(Cl)c1OC. The molecule has 0 aliphatic rings. The molecule has 8 heteroatoms. The zero-order chi connectivity index (χ0) is 19.8. The largest absolute Gasteiger partial charge is 0.493 e. The molecule has 0 fully saturated rings. The lowest BCUT2D eigenvalue weighted by atomic mass is 10.2. The highest BCUT2D eigenvalue weighted by Gasteiger charge is 2.12. The number of hydrogen-bond donors (Lipinski definition) is 0. The molecule has 0 atom stereocenters. The molecule has 0 bridgehead atoms. The van der Waals surface area contributed by atoms with Gasteiger partial charge in [-0.25, -0.2) is 4.79 Å². The summed E-state index contributed by atoms with van der Waals surface area (Å²) < 4.78 is 15.4. The van der Waals surface area contributed by atoms with Gasteiger partial charge in [0.25, 0.3) is 5.91 Å². The van der Waals surface area contributed by atoms with Gasteiger partial charge in [0.05, 0.1) is 19.2 Å². The summed E-state index contributed by atoms with van der Waals surface area (Å²) in [6.07, 6.45) is 2.75. The minimum absolute atomic E-state index is 0.280. The molecule has 144 valence electrons.